The smallest absolute Gasteiger partial charge is 0.0340 e. The summed E-state index contributed by atoms with van der Waals surface area (Å²) < 4.78 is 0. The highest BCUT2D eigenvalue weighted by atomic mass is 14.9. The lowest BCUT2D eigenvalue weighted by Crippen LogP contribution is -2.28. The fourth-order valence-corrected chi connectivity index (χ4v) is 1.51. The summed E-state index contributed by atoms with van der Waals surface area (Å²) in [4.78, 5) is 0. The molecule has 0 aliphatic heterocycles. The van der Waals surface area contributed by atoms with Crippen LogP contribution in [0.4, 0.5) is 5.69 Å². The number of nitrogens with one attached hydrogen (secondary N) is 2. The second-order valence-electron chi connectivity index (χ2n) is 5.07. The molecule has 90 valence electrons. The molecule has 0 bridgehead atoms. The van der Waals surface area contributed by atoms with Crippen LogP contribution in [-0.2, 0) is 6.54 Å². The van der Waals surface area contributed by atoms with Crippen LogP contribution in [-0.4, -0.2) is 13.6 Å². The topological polar surface area (TPSA) is 24.1 Å². The Bertz CT molecular complexity index is 318. The number of rotatable bonds is 6. The Morgan fingerprint density at radius 2 is 2.00 bits per heavy atom. The first kappa shape index (κ1) is 13.0. The maximum atomic E-state index is 3.52. The van der Waals surface area contributed by atoms with Crippen molar-refractivity contribution in [3.8, 4) is 0 Å². The summed E-state index contributed by atoms with van der Waals surface area (Å²) in [5.74, 6) is 0. The lowest BCUT2D eigenvalue weighted by atomic mass is 9.90. The van der Waals surface area contributed by atoms with E-state index in [1.165, 1.54) is 17.7 Å². The van der Waals surface area contributed by atoms with Crippen LogP contribution in [0.1, 0.15) is 32.8 Å². The number of anilines is 1. The Kier molecular flexibility index (Phi) is 4.81. The van der Waals surface area contributed by atoms with Crippen molar-refractivity contribution in [1.29, 1.82) is 0 Å². The van der Waals surface area contributed by atoms with Gasteiger partial charge >= 0.3 is 0 Å². The van der Waals surface area contributed by atoms with Crippen LogP contribution in [0.2, 0.25) is 0 Å². The van der Waals surface area contributed by atoms with Gasteiger partial charge in [0.15, 0.2) is 0 Å². The molecular weight excluding hydrogens is 196 g/mol. The average Bonchev–Trinajstić information content (AvgIpc) is 2.29. The lowest BCUT2D eigenvalue weighted by Gasteiger charge is -2.23. The molecular formula is C14H24N2. The Labute approximate surface area is 99.5 Å². The monoisotopic (exact) mass is 220 g/mol. The molecule has 0 atom stereocenters. The molecule has 2 N–H and O–H groups in total. The fraction of sp³-hybridized carbons (Fsp3) is 0.571. The third-order valence-corrected chi connectivity index (χ3v) is 3.11. The Morgan fingerprint density at radius 3 is 2.62 bits per heavy atom. The van der Waals surface area contributed by atoms with Crippen LogP contribution in [0.3, 0.4) is 0 Å². The minimum atomic E-state index is 0.390. The summed E-state index contributed by atoms with van der Waals surface area (Å²) in [7, 11) is 1.95. The summed E-state index contributed by atoms with van der Waals surface area (Å²) >= 11 is 0. The van der Waals surface area contributed by atoms with Gasteiger partial charge in [-0.25, -0.2) is 0 Å². The van der Waals surface area contributed by atoms with E-state index in [9.17, 15) is 0 Å². The molecule has 0 spiro atoms. The van der Waals surface area contributed by atoms with E-state index in [4.69, 9.17) is 0 Å². The van der Waals surface area contributed by atoms with E-state index in [2.05, 4.69) is 55.7 Å². The van der Waals surface area contributed by atoms with Gasteiger partial charge in [-0.2, -0.15) is 0 Å². The van der Waals surface area contributed by atoms with Crippen LogP contribution >= 0.6 is 0 Å². The molecule has 0 unspecified atom stereocenters. The van der Waals surface area contributed by atoms with Crippen molar-refractivity contribution in [3.05, 3.63) is 29.8 Å². The third kappa shape index (κ3) is 4.23. The molecule has 2 heteroatoms. The zero-order valence-corrected chi connectivity index (χ0v) is 10.9. The minimum Gasteiger partial charge on any atom is -0.388 e. The molecule has 0 aliphatic rings. The molecule has 16 heavy (non-hydrogen) atoms. The number of hydrogen-bond acceptors (Lipinski definition) is 2. The van der Waals surface area contributed by atoms with Crippen LogP contribution in [0.5, 0.6) is 0 Å². The lowest BCUT2D eigenvalue weighted by molar-refractivity contribution is 0.327. The molecule has 0 aromatic heterocycles. The standard InChI is InChI=1S/C14H24N2/c1-5-14(2,3)11-16-10-12-7-6-8-13(9-12)15-4/h6-9,15-16H,5,10-11H2,1-4H3. The molecule has 0 saturated heterocycles. The summed E-state index contributed by atoms with van der Waals surface area (Å²) in [6.45, 7) is 8.84. The van der Waals surface area contributed by atoms with Crippen LogP contribution in [0, 0.1) is 5.41 Å². The first-order chi connectivity index (χ1) is 7.57. The molecule has 0 amide bonds. The highest BCUT2D eigenvalue weighted by Gasteiger charge is 2.13. The van der Waals surface area contributed by atoms with Crippen molar-refractivity contribution in [2.45, 2.75) is 33.7 Å². The quantitative estimate of drug-likeness (QED) is 0.769. The molecule has 1 aromatic carbocycles. The minimum absolute atomic E-state index is 0.390. The van der Waals surface area contributed by atoms with E-state index in [-0.39, 0.29) is 0 Å². The van der Waals surface area contributed by atoms with E-state index in [1.54, 1.807) is 0 Å². The highest BCUT2D eigenvalue weighted by Crippen LogP contribution is 2.18. The zero-order chi connectivity index (χ0) is 12.0. The van der Waals surface area contributed by atoms with Gasteiger partial charge in [0, 0.05) is 25.8 Å². The van der Waals surface area contributed by atoms with Gasteiger partial charge in [-0.1, -0.05) is 32.9 Å². The highest BCUT2D eigenvalue weighted by molar-refractivity contribution is 5.44. The largest absolute Gasteiger partial charge is 0.388 e. The van der Waals surface area contributed by atoms with E-state index in [1.807, 2.05) is 7.05 Å². The summed E-state index contributed by atoms with van der Waals surface area (Å²) in [5.41, 5.74) is 2.90. The van der Waals surface area contributed by atoms with Crippen molar-refractivity contribution in [2.24, 2.45) is 5.41 Å². The average molecular weight is 220 g/mol. The third-order valence-electron chi connectivity index (χ3n) is 3.11. The van der Waals surface area contributed by atoms with Gasteiger partial charge < -0.3 is 10.6 Å². The van der Waals surface area contributed by atoms with E-state index >= 15 is 0 Å². The Morgan fingerprint density at radius 1 is 1.25 bits per heavy atom. The van der Waals surface area contributed by atoms with Crippen molar-refractivity contribution in [3.63, 3.8) is 0 Å². The molecule has 2 nitrogen and oxygen atoms in total. The van der Waals surface area contributed by atoms with Gasteiger partial charge in [-0.15, -0.1) is 0 Å². The van der Waals surface area contributed by atoms with Gasteiger partial charge in [-0.3, -0.25) is 0 Å². The Hall–Kier alpha value is -1.02. The van der Waals surface area contributed by atoms with Crippen LogP contribution in [0.15, 0.2) is 24.3 Å². The summed E-state index contributed by atoms with van der Waals surface area (Å²) in [6.07, 6.45) is 1.20. The van der Waals surface area contributed by atoms with Crippen LogP contribution in [0.25, 0.3) is 0 Å². The zero-order valence-electron chi connectivity index (χ0n) is 10.9. The molecule has 1 rings (SSSR count). The number of hydrogen-bond donors (Lipinski definition) is 2. The molecule has 0 radical (unpaired) electrons. The predicted octanol–water partition coefficient (Wildman–Crippen LogP) is 3.25. The Balaban J connectivity index is 2.42. The first-order valence-electron chi connectivity index (χ1n) is 6.05. The van der Waals surface area contributed by atoms with Crippen molar-refractivity contribution in [1.82, 2.24) is 5.32 Å². The van der Waals surface area contributed by atoms with Crippen molar-refractivity contribution >= 4 is 5.69 Å². The second-order valence-corrected chi connectivity index (χ2v) is 5.07. The fourth-order valence-electron chi connectivity index (χ4n) is 1.51. The van der Waals surface area contributed by atoms with E-state index in [0.29, 0.717) is 5.41 Å². The van der Waals surface area contributed by atoms with Crippen molar-refractivity contribution < 1.29 is 0 Å². The maximum absolute atomic E-state index is 3.52. The van der Waals surface area contributed by atoms with Gasteiger partial charge in [0.1, 0.15) is 0 Å². The molecule has 0 aliphatic carbocycles. The SMILES string of the molecule is CCC(C)(C)CNCc1cccc(NC)c1. The van der Waals surface area contributed by atoms with Gasteiger partial charge in [0.25, 0.3) is 0 Å². The van der Waals surface area contributed by atoms with Crippen LogP contribution < -0.4 is 10.6 Å². The van der Waals surface area contributed by atoms with E-state index in [0.717, 1.165) is 13.1 Å². The number of benzene rings is 1. The molecule has 0 heterocycles. The van der Waals surface area contributed by atoms with Gasteiger partial charge in [-0.05, 0) is 29.5 Å². The van der Waals surface area contributed by atoms with Gasteiger partial charge in [0.05, 0.1) is 0 Å². The van der Waals surface area contributed by atoms with Crippen molar-refractivity contribution in [2.75, 3.05) is 18.9 Å². The maximum Gasteiger partial charge on any atom is 0.0340 e. The normalized spacial score (nSPS) is 11.5. The van der Waals surface area contributed by atoms with Gasteiger partial charge in [0.2, 0.25) is 0 Å². The summed E-state index contributed by atoms with van der Waals surface area (Å²) in [5, 5.41) is 6.67. The second kappa shape index (κ2) is 5.90. The molecule has 1 aromatic rings. The summed E-state index contributed by atoms with van der Waals surface area (Å²) in [6, 6.07) is 8.52. The van der Waals surface area contributed by atoms with E-state index < -0.39 is 0 Å². The molecule has 0 fully saturated rings. The first-order valence-corrected chi connectivity index (χ1v) is 6.05. The molecule has 0 saturated carbocycles. The predicted molar refractivity (Wildman–Crippen MR) is 71.8 cm³/mol.